The first kappa shape index (κ1) is 16.7. The summed E-state index contributed by atoms with van der Waals surface area (Å²) in [6.45, 7) is 4.03. The molecule has 7 nitrogen and oxygen atoms in total. The molecule has 0 aliphatic carbocycles. The SMILES string of the molecule is CCCN(CC(=O)OCC)C(=O)Cn1cc(N)ccc1=O. The zero-order valence-electron chi connectivity index (χ0n) is 12.4. The summed E-state index contributed by atoms with van der Waals surface area (Å²) in [5, 5.41) is 0. The summed E-state index contributed by atoms with van der Waals surface area (Å²) in [7, 11) is 0. The summed E-state index contributed by atoms with van der Waals surface area (Å²) in [6, 6.07) is 2.78. The standard InChI is InChI=1S/C14H21N3O4/c1-3-7-16(10-14(20)21-4-2)13(19)9-17-8-11(15)5-6-12(17)18/h5-6,8H,3-4,7,9-10,15H2,1-2H3. The highest BCUT2D eigenvalue weighted by Crippen LogP contribution is 2.00. The topological polar surface area (TPSA) is 94.6 Å². The Bertz CT molecular complexity index is 553. The van der Waals surface area contributed by atoms with E-state index in [0.29, 0.717) is 18.7 Å². The molecule has 0 radical (unpaired) electrons. The van der Waals surface area contributed by atoms with E-state index in [1.165, 1.54) is 27.8 Å². The summed E-state index contributed by atoms with van der Waals surface area (Å²) in [4.78, 5) is 36.8. The maximum Gasteiger partial charge on any atom is 0.325 e. The van der Waals surface area contributed by atoms with Crippen LogP contribution in [0.3, 0.4) is 0 Å². The van der Waals surface area contributed by atoms with Crippen molar-refractivity contribution in [1.29, 1.82) is 0 Å². The number of nitrogens with zero attached hydrogens (tertiary/aromatic N) is 2. The van der Waals surface area contributed by atoms with E-state index in [4.69, 9.17) is 10.5 Å². The summed E-state index contributed by atoms with van der Waals surface area (Å²) < 4.78 is 6.07. The van der Waals surface area contributed by atoms with Crippen LogP contribution in [0.1, 0.15) is 20.3 Å². The molecule has 1 aromatic rings. The second kappa shape index (κ2) is 8.08. The Kier molecular flexibility index (Phi) is 6.45. The molecule has 0 saturated carbocycles. The lowest BCUT2D eigenvalue weighted by molar-refractivity contribution is -0.149. The fraction of sp³-hybridized carbons (Fsp3) is 0.500. The van der Waals surface area contributed by atoms with E-state index >= 15 is 0 Å². The number of nitrogen functional groups attached to an aromatic ring is 1. The highest BCUT2D eigenvalue weighted by molar-refractivity contribution is 5.82. The Morgan fingerprint density at radius 2 is 2.05 bits per heavy atom. The number of anilines is 1. The molecule has 0 spiro atoms. The van der Waals surface area contributed by atoms with Gasteiger partial charge < -0.3 is 19.9 Å². The number of aromatic nitrogens is 1. The maximum atomic E-state index is 12.2. The normalized spacial score (nSPS) is 10.2. The average Bonchev–Trinajstić information content (AvgIpc) is 2.42. The van der Waals surface area contributed by atoms with Gasteiger partial charge in [0.05, 0.1) is 6.61 Å². The number of hydrogen-bond donors (Lipinski definition) is 1. The molecule has 116 valence electrons. The smallest absolute Gasteiger partial charge is 0.325 e. The van der Waals surface area contributed by atoms with E-state index < -0.39 is 5.97 Å². The number of carbonyl (C=O) groups excluding carboxylic acids is 2. The molecule has 1 heterocycles. The fourth-order valence-electron chi connectivity index (χ4n) is 1.84. The zero-order chi connectivity index (χ0) is 15.8. The predicted molar refractivity (Wildman–Crippen MR) is 78.6 cm³/mol. The Morgan fingerprint density at radius 3 is 2.67 bits per heavy atom. The second-order valence-corrected chi connectivity index (χ2v) is 4.55. The molecule has 0 unspecified atom stereocenters. The largest absolute Gasteiger partial charge is 0.465 e. The first-order valence-corrected chi connectivity index (χ1v) is 6.87. The van der Waals surface area contributed by atoms with Gasteiger partial charge in [-0.1, -0.05) is 6.92 Å². The molecule has 2 N–H and O–H groups in total. The molecular weight excluding hydrogens is 274 g/mol. The van der Waals surface area contributed by atoms with Gasteiger partial charge in [-0.15, -0.1) is 0 Å². The van der Waals surface area contributed by atoms with Crippen molar-refractivity contribution in [3.8, 4) is 0 Å². The molecule has 0 fully saturated rings. The molecule has 1 rings (SSSR count). The van der Waals surface area contributed by atoms with Crippen LogP contribution in [-0.4, -0.2) is 41.0 Å². The first-order chi connectivity index (χ1) is 9.97. The third-order valence-electron chi connectivity index (χ3n) is 2.78. The monoisotopic (exact) mass is 295 g/mol. The van der Waals surface area contributed by atoms with Gasteiger partial charge in [-0.2, -0.15) is 0 Å². The Balaban J connectivity index is 2.79. The van der Waals surface area contributed by atoms with Crippen LogP contribution >= 0.6 is 0 Å². The maximum absolute atomic E-state index is 12.2. The molecule has 1 amide bonds. The number of amides is 1. The molecule has 0 aliphatic rings. The zero-order valence-corrected chi connectivity index (χ0v) is 12.4. The third-order valence-corrected chi connectivity index (χ3v) is 2.78. The van der Waals surface area contributed by atoms with Crippen LogP contribution in [0.5, 0.6) is 0 Å². The summed E-state index contributed by atoms with van der Waals surface area (Å²) in [5.41, 5.74) is 5.68. The van der Waals surface area contributed by atoms with Gasteiger partial charge in [0.2, 0.25) is 5.91 Å². The van der Waals surface area contributed by atoms with E-state index in [1.807, 2.05) is 6.92 Å². The van der Waals surface area contributed by atoms with Crippen LogP contribution in [0.15, 0.2) is 23.1 Å². The van der Waals surface area contributed by atoms with Gasteiger partial charge in [-0.05, 0) is 19.4 Å². The van der Waals surface area contributed by atoms with Gasteiger partial charge in [0.1, 0.15) is 13.1 Å². The van der Waals surface area contributed by atoms with Gasteiger partial charge in [0.25, 0.3) is 5.56 Å². The number of pyridine rings is 1. The fourth-order valence-corrected chi connectivity index (χ4v) is 1.84. The summed E-state index contributed by atoms with van der Waals surface area (Å²) in [5.74, 6) is -0.781. The molecule has 7 heteroatoms. The van der Waals surface area contributed by atoms with Gasteiger partial charge in [-0.25, -0.2) is 0 Å². The van der Waals surface area contributed by atoms with Crippen molar-refractivity contribution in [2.75, 3.05) is 25.4 Å². The van der Waals surface area contributed by atoms with Crippen LogP contribution in [0, 0.1) is 0 Å². The second-order valence-electron chi connectivity index (χ2n) is 4.55. The molecule has 0 aliphatic heterocycles. The molecule has 1 aromatic heterocycles. The molecule has 0 aromatic carbocycles. The first-order valence-electron chi connectivity index (χ1n) is 6.87. The number of rotatable bonds is 7. The summed E-state index contributed by atoms with van der Waals surface area (Å²) in [6.07, 6.45) is 2.12. The van der Waals surface area contributed by atoms with Gasteiger partial charge >= 0.3 is 5.97 Å². The number of carbonyl (C=O) groups is 2. The highest BCUT2D eigenvalue weighted by atomic mass is 16.5. The van der Waals surface area contributed by atoms with Gasteiger partial charge in [0, 0.05) is 24.5 Å². The Morgan fingerprint density at radius 1 is 1.33 bits per heavy atom. The van der Waals surface area contributed by atoms with Crippen molar-refractivity contribution in [2.45, 2.75) is 26.8 Å². The Labute approximate surface area is 123 Å². The van der Waals surface area contributed by atoms with E-state index in [-0.39, 0.29) is 31.2 Å². The summed E-state index contributed by atoms with van der Waals surface area (Å²) >= 11 is 0. The van der Waals surface area contributed by atoms with E-state index in [1.54, 1.807) is 6.92 Å². The van der Waals surface area contributed by atoms with Gasteiger partial charge in [0.15, 0.2) is 0 Å². The number of esters is 1. The van der Waals surface area contributed by atoms with Crippen LogP contribution in [-0.2, 0) is 20.9 Å². The lowest BCUT2D eigenvalue weighted by atomic mass is 10.3. The van der Waals surface area contributed by atoms with E-state index in [9.17, 15) is 14.4 Å². The average molecular weight is 295 g/mol. The van der Waals surface area contributed by atoms with Crippen molar-refractivity contribution < 1.29 is 14.3 Å². The van der Waals surface area contributed by atoms with Crippen molar-refractivity contribution in [3.63, 3.8) is 0 Å². The number of nitrogens with two attached hydrogens (primary N) is 1. The van der Waals surface area contributed by atoms with Crippen LogP contribution in [0.4, 0.5) is 5.69 Å². The van der Waals surface area contributed by atoms with Crippen molar-refractivity contribution in [3.05, 3.63) is 28.7 Å². The van der Waals surface area contributed by atoms with Crippen LogP contribution < -0.4 is 11.3 Å². The van der Waals surface area contributed by atoms with E-state index in [0.717, 1.165) is 0 Å². The quantitative estimate of drug-likeness (QED) is 0.727. The third kappa shape index (κ3) is 5.29. The minimum atomic E-state index is -0.459. The van der Waals surface area contributed by atoms with Crippen LogP contribution in [0.2, 0.25) is 0 Å². The minimum absolute atomic E-state index is 0.114. The molecule has 0 atom stereocenters. The molecule has 0 saturated heterocycles. The molecular formula is C14H21N3O4. The van der Waals surface area contributed by atoms with Crippen molar-refractivity contribution >= 4 is 17.6 Å². The highest BCUT2D eigenvalue weighted by Gasteiger charge is 2.17. The number of ether oxygens (including phenoxy) is 1. The number of hydrogen-bond acceptors (Lipinski definition) is 5. The Hall–Kier alpha value is -2.31. The minimum Gasteiger partial charge on any atom is -0.465 e. The van der Waals surface area contributed by atoms with Crippen LogP contribution in [0.25, 0.3) is 0 Å². The van der Waals surface area contributed by atoms with Gasteiger partial charge in [-0.3, -0.25) is 14.4 Å². The van der Waals surface area contributed by atoms with E-state index in [2.05, 4.69) is 0 Å². The molecule has 0 bridgehead atoms. The van der Waals surface area contributed by atoms with Crippen molar-refractivity contribution in [2.24, 2.45) is 0 Å². The van der Waals surface area contributed by atoms with Crippen molar-refractivity contribution in [1.82, 2.24) is 9.47 Å². The lowest BCUT2D eigenvalue weighted by Gasteiger charge is -2.21. The lowest BCUT2D eigenvalue weighted by Crippen LogP contribution is -2.40. The predicted octanol–water partition coefficient (Wildman–Crippen LogP) is 0.232. The molecule has 21 heavy (non-hydrogen) atoms.